The second-order valence-electron chi connectivity index (χ2n) is 5.55. The molecule has 1 heterocycles. The Labute approximate surface area is 146 Å². The van der Waals surface area contributed by atoms with Gasteiger partial charge in [-0.2, -0.15) is 0 Å². The second kappa shape index (κ2) is 8.02. The first kappa shape index (κ1) is 18.8. The van der Waals surface area contributed by atoms with Crippen molar-refractivity contribution in [1.29, 1.82) is 0 Å². The van der Waals surface area contributed by atoms with Crippen LogP contribution >= 0.6 is 0 Å². The van der Waals surface area contributed by atoms with Crippen molar-refractivity contribution in [3.8, 4) is 11.5 Å². The number of hydrogen-bond donors (Lipinski definition) is 1. The number of amides is 1. The zero-order valence-electron chi connectivity index (χ0n) is 14.9. The third kappa shape index (κ3) is 3.46. The van der Waals surface area contributed by atoms with Gasteiger partial charge in [-0.15, -0.1) is 0 Å². The average molecular weight is 349 g/mol. The van der Waals surface area contributed by atoms with E-state index in [0.29, 0.717) is 17.1 Å². The van der Waals surface area contributed by atoms with Crippen LogP contribution in [0.3, 0.4) is 0 Å². The van der Waals surface area contributed by atoms with E-state index in [0.717, 1.165) is 0 Å². The van der Waals surface area contributed by atoms with E-state index in [1.165, 1.54) is 26.2 Å². The molecule has 1 unspecified atom stereocenters. The molecule has 1 aromatic rings. The molecule has 136 valence electrons. The molecule has 1 aliphatic heterocycles. The molecule has 1 amide bonds. The number of ketones is 1. The Hall–Kier alpha value is -2.54. The standard InChI is InChI=1S/C18H23NO6/c1-5-12(20)15-16(19(8-9-23-2)18(22)17(15)21)11-6-7-13(24-3)14(10-11)25-4/h6-7,10,16,21H,5,8-9H2,1-4H3. The molecule has 0 saturated carbocycles. The van der Waals surface area contributed by atoms with Gasteiger partial charge in [0.2, 0.25) is 0 Å². The van der Waals surface area contributed by atoms with E-state index in [1.54, 1.807) is 25.1 Å². The summed E-state index contributed by atoms with van der Waals surface area (Å²) in [4.78, 5) is 26.3. The van der Waals surface area contributed by atoms with Crippen molar-refractivity contribution in [3.05, 3.63) is 35.1 Å². The van der Waals surface area contributed by atoms with Gasteiger partial charge in [0.15, 0.2) is 23.0 Å². The van der Waals surface area contributed by atoms with E-state index < -0.39 is 17.7 Å². The van der Waals surface area contributed by atoms with Gasteiger partial charge in [0, 0.05) is 20.1 Å². The van der Waals surface area contributed by atoms with Crippen LogP contribution < -0.4 is 9.47 Å². The normalized spacial score (nSPS) is 17.2. The molecule has 0 spiro atoms. The van der Waals surface area contributed by atoms with E-state index in [4.69, 9.17) is 14.2 Å². The number of hydrogen-bond acceptors (Lipinski definition) is 6. The van der Waals surface area contributed by atoms with Gasteiger partial charge < -0.3 is 24.2 Å². The monoisotopic (exact) mass is 349 g/mol. The van der Waals surface area contributed by atoms with E-state index in [2.05, 4.69) is 0 Å². The van der Waals surface area contributed by atoms with Crippen molar-refractivity contribution in [2.45, 2.75) is 19.4 Å². The molecule has 7 nitrogen and oxygen atoms in total. The summed E-state index contributed by atoms with van der Waals surface area (Å²) in [7, 11) is 4.56. The summed E-state index contributed by atoms with van der Waals surface area (Å²) >= 11 is 0. The lowest BCUT2D eigenvalue weighted by Crippen LogP contribution is -2.34. The number of aliphatic hydroxyl groups excluding tert-OH is 1. The maximum atomic E-state index is 12.5. The lowest BCUT2D eigenvalue weighted by molar-refractivity contribution is -0.130. The summed E-state index contributed by atoms with van der Waals surface area (Å²) in [6, 6.07) is 4.48. The zero-order chi connectivity index (χ0) is 18.6. The molecule has 1 atom stereocenters. The number of ether oxygens (including phenoxy) is 3. The van der Waals surface area contributed by atoms with Crippen LogP contribution in [0.25, 0.3) is 0 Å². The van der Waals surface area contributed by atoms with Crippen LogP contribution in [0.15, 0.2) is 29.5 Å². The summed E-state index contributed by atoms with van der Waals surface area (Å²) in [6.07, 6.45) is 0.189. The summed E-state index contributed by atoms with van der Waals surface area (Å²) in [6.45, 7) is 2.23. The Morgan fingerprint density at radius 3 is 2.44 bits per heavy atom. The summed E-state index contributed by atoms with van der Waals surface area (Å²) in [5, 5.41) is 10.3. The highest BCUT2D eigenvalue weighted by Crippen LogP contribution is 2.40. The highest BCUT2D eigenvalue weighted by molar-refractivity contribution is 6.08. The SMILES string of the molecule is CCC(=O)C1=C(O)C(=O)N(CCOC)C1c1ccc(OC)c(OC)c1. The van der Waals surface area contributed by atoms with Crippen LogP contribution in [0.2, 0.25) is 0 Å². The molecular weight excluding hydrogens is 326 g/mol. The number of methoxy groups -OCH3 is 3. The van der Waals surface area contributed by atoms with Gasteiger partial charge in [-0.1, -0.05) is 13.0 Å². The number of carbonyl (C=O) groups excluding carboxylic acids is 2. The van der Waals surface area contributed by atoms with Crippen LogP contribution in [-0.2, 0) is 14.3 Å². The Morgan fingerprint density at radius 2 is 1.88 bits per heavy atom. The Bertz CT molecular complexity index is 697. The predicted octanol–water partition coefficient (Wildman–Crippen LogP) is 2.02. The minimum absolute atomic E-state index is 0.107. The Morgan fingerprint density at radius 1 is 1.20 bits per heavy atom. The van der Waals surface area contributed by atoms with Gasteiger partial charge in [-0.05, 0) is 17.7 Å². The lowest BCUT2D eigenvalue weighted by atomic mass is 9.95. The molecule has 1 aromatic carbocycles. The van der Waals surface area contributed by atoms with Crippen LogP contribution in [0, 0.1) is 0 Å². The average Bonchev–Trinajstić information content (AvgIpc) is 2.89. The number of aliphatic hydroxyl groups is 1. The highest BCUT2D eigenvalue weighted by Gasteiger charge is 2.42. The quantitative estimate of drug-likeness (QED) is 0.773. The molecule has 0 bridgehead atoms. The largest absolute Gasteiger partial charge is 0.503 e. The van der Waals surface area contributed by atoms with Gasteiger partial charge in [-0.25, -0.2) is 0 Å². The number of carbonyl (C=O) groups is 2. The van der Waals surface area contributed by atoms with Crippen molar-refractivity contribution >= 4 is 11.7 Å². The molecule has 0 aromatic heterocycles. The fraction of sp³-hybridized carbons (Fsp3) is 0.444. The van der Waals surface area contributed by atoms with E-state index in [1.807, 2.05) is 0 Å². The highest BCUT2D eigenvalue weighted by atomic mass is 16.5. The number of benzene rings is 1. The van der Waals surface area contributed by atoms with E-state index in [9.17, 15) is 14.7 Å². The number of rotatable bonds is 8. The van der Waals surface area contributed by atoms with Gasteiger partial charge in [0.1, 0.15) is 0 Å². The molecule has 2 rings (SSSR count). The fourth-order valence-corrected chi connectivity index (χ4v) is 2.92. The second-order valence-corrected chi connectivity index (χ2v) is 5.55. The fourth-order valence-electron chi connectivity index (χ4n) is 2.92. The van der Waals surface area contributed by atoms with E-state index in [-0.39, 0.29) is 30.9 Å². The minimum Gasteiger partial charge on any atom is -0.503 e. The molecule has 25 heavy (non-hydrogen) atoms. The van der Waals surface area contributed by atoms with E-state index >= 15 is 0 Å². The third-order valence-corrected chi connectivity index (χ3v) is 4.18. The Balaban J connectivity index is 2.54. The Kier molecular flexibility index (Phi) is 6.03. The van der Waals surface area contributed by atoms with Crippen molar-refractivity contribution in [2.75, 3.05) is 34.5 Å². The summed E-state index contributed by atoms with van der Waals surface area (Å²) < 4.78 is 15.6. The zero-order valence-corrected chi connectivity index (χ0v) is 14.9. The van der Waals surface area contributed by atoms with Gasteiger partial charge in [0.05, 0.1) is 32.4 Å². The van der Waals surface area contributed by atoms with Crippen LogP contribution in [0.4, 0.5) is 0 Å². The van der Waals surface area contributed by atoms with Crippen molar-refractivity contribution in [2.24, 2.45) is 0 Å². The van der Waals surface area contributed by atoms with Gasteiger partial charge >= 0.3 is 0 Å². The summed E-state index contributed by atoms with van der Waals surface area (Å²) in [5.74, 6) is -0.327. The number of Topliss-reactive ketones (excluding diaryl/α,β-unsaturated/α-hetero) is 1. The van der Waals surface area contributed by atoms with Crippen LogP contribution in [-0.4, -0.2) is 56.2 Å². The molecule has 1 N–H and O–H groups in total. The van der Waals surface area contributed by atoms with Crippen molar-refractivity contribution in [1.82, 2.24) is 4.90 Å². The maximum absolute atomic E-state index is 12.5. The van der Waals surface area contributed by atoms with Crippen molar-refractivity contribution in [3.63, 3.8) is 0 Å². The predicted molar refractivity (Wildman–Crippen MR) is 90.8 cm³/mol. The third-order valence-electron chi connectivity index (χ3n) is 4.18. The number of nitrogens with zero attached hydrogens (tertiary/aromatic N) is 1. The molecule has 0 fully saturated rings. The molecule has 0 radical (unpaired) electrons. The smallest absolute Gasteiger partial charge is 0.290 e. The first-order chi connectivity index (χ1) is 12.0. The first-order valence-electron chi connectivity index (χ1n) is 7.98. The van der Waals surface area contributed by atoms with Gasteiger partial charge in [0.25, 0.3) is 5.91 Å². The molecular formula is C18H23NO6. The lowest BCUT2D eigenvalue weighted by Gasteiger charge is -2.27. The molecule has 0 aliphatic carbocycles. The van der Waals surface area contributed by atoms with Gasteiger partial charge in [-0.3, -0.25) is 9.59 Å². The molecule has 0 saturated heterocycles. The topological polar surface area (TPSA) is 85.3 Å². The van der Waals surface area contributed by atoms with Crippen LogP contribution in [0.5, 0.6) is 11.5 Å². The summed E-state index contributed by atoms with van der Waals surface area (Å²) in [5.41, 5.74) is 0.763. The minimum atomic E-state index is -0.685. The first-order valence-corrected chi connectivity index (χ1v) is 7.98. The molecule has 7 heteroatoms. The van der Waals surface area contributed by atoms with Crippen LogP contribution in [0.1, 0.15) is 24.9 Å². The van der Waals surface area contributed by atoms with Crippen molar-refractivity contribution < 1.29 is 28.9 Å². The molecule has 1 aliphatic rings. The maximum Gasteiger partial charge on any atom is 0.290 e.